The van der Waals surface area contributed by atoms with Crippen LogP contribution in [0.5, 0.6) is 0 Å². The SMILES string of the molecule is Cc1cnc(Cl)c(C(=O)N(Cc2cc(C(F)(F)F)cc(C(F)(F)F)c2)C[C@@H](C)CO)c1-c1ccccc1. The Balaban J connectivity index is 2.15. The number of halogens is 7. The number of aliphatic hydroxyl groups excluding tert-OH is 1. The van der Waals surface area contributed by atoms with Crippen LogP contribution in [0.15, 0.2) is 54.7 Å². The first-order valence-electron chi connectivity index (χ1n) is 11.1. The van der Waals surface area contributed by atoms with E-state index in [1.165, 1.54) is 6.20 Å². The molecule has 198 valence electrons. The third-order valence-corrected chi connectivity index (χ3v) is 5.94. The summed E-state index contributed by atoms with van der Waals surface area (Å²) in [7, 11) is 0. The second-order valence-corrected chi connectivity index (χ2v) is 9.09. The van der Waals surface area contributed by atoms with Gasteiger partial charge in [-0.15, -0.1) is 0 Å². The molecule has 1 amide bonds. The third kappa shape index (κ3) is 6.81. The Morgan fingerprint density at radius 2 is 1.59 bits per heavy atom. The Bertz CT molecular complexity index is 1230. The second-order valence-electron chi connectivity index (χ2n) is 8.74. The zero-order valence-corrected chi connectivity index (χ0v) is 20.5. The number of alkyl halides is 6. The zero-order valence-electron chi connectivity index (χ0n) is 19.8. The smallest absolute Gasteiger partial charge is 0.396 e. The molecule has 0 aliphatic rings. The van der Waals surface area contributed by atoms with E-state index in [-0.39, 0.29) is 35.5 Å². The second kappa shape index (κ2) is 11.1. The van der Waals surface area contributed by atoms with Crippen molar-refractivity contribution in [1.29, 1.82) is 0 Å². The Morgan fingerprint density at radius 1 is 1.03 bits per heavy atom. The lowest BCUT2D eigenvalue weighted by atomic mass is 9.96. The average molecular weight is 545 g/mol. The number of nitrogens with zero attached hydrogens (tertiary/aromatic N) is 2. The third-order valence-electron chi connectivity index (χ3n) is 5.65. The van der Waals surface area contributed by atoms with Crippen LogP contribution in [0.3, 0.4) is 0 Å². The molecule has 1 aromatic heterocycles. The normalized spacial score (nSPS) is 12.9. The lowest BCUT2D eigenvalue weighted by Gasteiger charge is -2.28. The van der Waals surface area contributed by atoms with Gasteiger partial charge < -0.3 is 10.0 Å². The summed E-state index contributed by atoms with van der Waals surface area (Å²) in [4.78, 5) is 18.9. The molecular weight excluding hydrogens is 522 g/mol. The fourth-order valence-corrected chi connectivity index (χ4v) is 4.12. The molecule has 11 heteroatoms. The van der Waals surface area contributed by atoms with Gasteiger partial charge in [0.1, 0.15) is 5.15 Å². The van der Waals surface area contributed by atoms with E-state index in [1.807, 2.05) is 0 Å². The molecule has 0 aliphatic heterocycles. The number of aromatic nitrogens is 1. The molecule has 0 spiro atoms. The minimum Gasteiger partial charge on any atom is -0.396 e. The molecule has 3 rings (SSSR count). The van der Waals surface area contributed by atoms with E-state index < -0.39 is 41.8 Å². The maximum Gasteiger partial charge on any atom is 0.416 e. The molecule has 1 N–H and O–H groups in total. The largest absolute Gasteiger partial charge is 0.416 e. The number of pyridine rings is 1. The molecule has 1 heterocycles. The van der Waals surface area contributed by atoms with Gasteiger partial charge in [-0.3, -0.25) is 4.79 Å². The van der Waals surface area contributed by atoms with E-state index in [4.69, 9.17) is 11.6 Å². The number of hydrogen-bond donors (Lipinski definition) is 1. The first kappa shape index (κ1) is 28.5. The Hall–Kier alpha value is -3.11. The minimum absolute atomic E-state index is 0.0286. The molecule has 0 fully saturated rings. The number of rotatable bonds is 7. The summed E-state index contributed by atoms with van der Waals surface area (Å²) < 4.78 is 80.4. The Kier molecular flexibility index (Phi) is 8.54. The molecule has 37 heavy (non-hydrogen) atoms. The average Bonchev–Trinajstić information content (AvgIpc) is 2.83. The predicted octanol–water partition coefficient (Wildman–Crippen LogP) is 7.02. The summed E-state index contributed by atoms with van der Waals surface area (Å²) in [6, 6.07) is 9.90. The van der Waals surface area contributed by atoms with Crippen LogP contribution < -0.4 is 0 Å². The molecule has 0 unspecified atom stereocenters. The summed E-state index contributed by atoms with van der Waals surface area (Å²) in [5, 5.41) is 9.39. The van der Waals surface area contributed by atoms with Crippen LogP contribution in [-0.4, -0.2) is 34.0 Å². The first-order valence-corrected chi connectivity index (χ1v) is 11.5. The van der Waals surface area contributed by atoms with Crippen LogP contribution in [0, 0.1) is 12.8 Å². The summed E-state index contributed by atoms with van der Waals surface area (Å²) in [6.07, 6.45) is -8.61. The summed E-state index contributed by atoms with van der Waals surface area (Å²) in [5.74, 6) is -1.28. The van der Waals surface area contributed by atoms with Crippen molar-refractivity contribution in [2.24, 2.45) is 5.92 Å². The van der Waals surface area contributed by atoms with E-state index in [2.05, 4.69) is 4.98 Å². The molecule has 0 radical (unpaired) electrons. The van der Waals surface area contributed by atoms with Crippen molar-refractivity contribution in [1.82, 2.24) is 9.88 Å². The lowest BCUT2D eigenvalue weighted by Crippen LogP contribution is -2.36. The van der Waals surface area contributed by atoms with E-state index >= 15 is 0 Å². The Labute approximate surface area is 214 Å². The number of amides is 1. The monoisotopic (exact) mass is 544 g/mol. The zero-order chi connectivity index (χ0) is 27.5. The lowest BCUT2D eigenvalue weighted by molar-refractivity contribution is -0.143. The maximum absolute atomic E-state index is 13.8. The van der Waals surface area contributed by atoms with Gasteiger partial charge in [-0.25, -0.2) is 4.98 Å². The van der Waals surface area contributed by atoms with Crippen molar-refractivity contribution in [2.45, 2.75) is 32.7 Å². The number of carbonyl (C=O) groups excluding carboxylic acids is 1. The highest BCUT2D eigenvalue weighted by Gasteiger charge is 2.37. The van der Waals surface area contributed by atoms with Gasteiger partial charge >= 0.3 is 12.4 Å². The molecule has 0 saturated carbocycles. The molecule has 0 saturated heterocycles. The van der Waals surface area contributed by atoms with Crippen LogP contribution >= 0.6 is 11.6 Å². The van der Waals surface area contributed by atoms with Crippen molar-refractivity contribution in [3.63, 3.8) is 0 Å². The molecule has 0 aliphatic carbocycles. The van der Waals surface area contributed by atoms with Crippen LogP contribution in [-0.2, 0) is 18.9 Å². The number of aryl methyl sites for hydroxylation is 1. The molecule has 1 atom stereocenters. The molecular formula is C26H23ClF6N2O2. The van der Waals surface area contributed by atoms with E-state index in [0.29, 0.717) is 28.8 Å². The van der Waals surface area contributed by atoms with Gasteiger partial charge in [0.2, 0.25) is 0 Å². The van der Waals surface area contributed by atoms with Crippen LogP contribution in [0.25, 0.3) is 11.1 Å². The summed E-state index contributed by atoms with van der Waals surface area (Å²) in [5.41, 5.74) is -1.74. The van der Waals surface area contributed by atoms with Crippen molar-refractivity contribution in [3.8, 4) is 11.1 Å². The van der Waals surface area contributed by atoms with Gasteiger partial charge in [0, 0.05) is 31.5 Å². The van der Waals surface area contributed by atoms with Crippen molar-refractivity contribution in [3.05, 3.63) is 87.7 Å². The predicted molar refractivity (Wildman–Crippen MR) is 127 cm³/mol. The molecule has 0 bridgehead atoms. The van der Waals surface area contributed by atoms with Gasteiger partial charge in [0.25, 0.3) is 5.91 Å². The number of hydrogen-bond acceptors (Lipinski definition) is 3. The number of benzene rings is 2. The highest BCUT2D eigenvalue weighted by atomic mass is 35.5. The first-order chi connectivity index (χ1) is 17.2. The Morgan fingerprint density at radius 3 is 2.11 bits per heavy atom. The van der Waals surface area contributed by atoms with Crippen molar-refractivity contribution < 1.29 is 36.2 Å². The summed E-state index contributed by atoms with van der Waals surface area (Å²) in [6.45, 7) is 2.17. The van der Waals surface area contributed by atoms with Crippen molar-refractivity contribution in [2.75, 3.05) is 13.2 Å². The maximum atomic E-state index is 13.8. The minimum atomic E-state index is -5.03. The van der Waals surface area contributed by atoms with Gasteiger partial charge in [-0.1, -0.05) is 48.9 Å². The quantitative estimate of drug-likeness (QED) is 0.257. The van der Waals surface area contributed by atoms with E-state index in [9.17, 15) is 36.2 Å². The highest BCUT2D eigenvalue weighted by molar-refractivity contribution is 6.33. The van der Waals surface area contributed by atoms with Gasteiger partial charge in [0.05, 0.1) is 16.7 Å². The van der Waals surface area contributed by atoms with Gasteiger partial charge in [0.15, 0.2) is 0 Å². The standard InChI is InChI=1S/C26H23ClF6N2O2/c1-15(14-36)12-35(13-17-8-19(25(28,29)30)10-20(9-17)26(31,32)33)24(37)22-21(16(2)11-34-23(22)27)18-6-4-3-5-7-18/h3-11,15,36H,12-14H2,1-2H3/t15-/m1/s1. The van der Waals surface area contributed by atoms with Gasteiger partial charge in [-0.2, -0.15) is 26.3 Å². The highest BCUT2D eigenvalue weighted by Crippen LogP contribution is 2.37. The van der Waals surface area contributed by atoms with Crippen LogP contribution in [0.4, 0.5) is 26.3 Å². The number of carbonyl (C=O) groups is 1. The fourth-order valence-electron chi connectivity index (χ4n) is 3.90. The fraction of sp³-hybridized carbons (Fsp3) is 0.308. The topological polar surface area (TPSA) is 53.4 Å². The molecule has 2 aromatic carbocycles. The van der Waals surface area contributed by atoms with E-state index in [0.717, 1.165) is 4.90 Å². The number of aliphatic hydroxyl groups is 1. The summed E-state index contributed by atoms with van der Waals surface area (Å²) >= 11 is 6.33. The van der Waals surface area contributed by atoms with E-state index in [1.54, 1.807) is 44.2 Å². The molecule has 4 nitrogen and oxygen atoms in total. The van der Waals surface area contributed by atoms with Crippen LogP contribution in [0.2, 0.25) is 5.15 Å². The van der Waals surface area contributed by atoms with Crippen molar-refractivity contribution >= 4 is 17.5 Å². The van der Waals surface area contributed by atoms with Gasteiger partial charge in [-0.05, 0) is 47.7 Å². The molecule has 3 aromatic rings. The van der Waals surface area contributed by atoms with Crippen LogP contribution in [0.1, 0.15) is 39.5 Å².